The maximum atomic E-state index is 12.0. The predicted octanol–water partition coefficient (Wildman–Crippen LogP) is 2.88. The molecule has 0 aliphatic rings. The molecule has 1 amide bonds. The zero-order valence-electron chi connectivity index (χ0n) is 9.77. The normalized spacial score (nSPS) is 10.1. The fraction of sp³-hybridized carbons (Fsp3) is 0.0769. The molecule has 0 radical (unpaired) electrons. The molecule has 1 aromatic heterocycles. The average molecular weight is 262 g/mol. The van der Waals surface area contributed by atoms with Gasteiger partial charge in [-0.15, -0.1) is 0 Å². The van der Waals surface area contributed by atoms with Crippen molar-refractivity contribution in [2.45, 2.75) is 6.92 Å². The first-order valence-electron chi connectivity index (χ1n) is 5.36. The standard InChI is InChI=1S/C13H12ClN3O/c1-8-3-2-4-10(14)12(8)17-13(18)11-6-5-9(15)7-16-11/h2-7H,15H2,1H3,(H,17,18). The van der Waals surface area contributed by atoms with Crippen molar-refractivity contribution in [2.24, 2.45) is 0 Å². The molecule has 1 heterocycles. The van der Waals surface area contributed by atoms with Crippen molar-refractivity contribution < 1.29 is 4.79 Å². The Morgan fingerprint density at radius 1 is 1.33 bits per heavy atom. The van der Waals surface area contributed by atoms with Gasteiger partial charge < -0.3 is 11.1 Å². The number of hydrogen-bond donors (Lipinski definition) is 2. The third-order valence-electron chi connectivity index (χ3n) is 2.48. The van der Waals surface area contributed by atoms with Crippen molar-refractivity contribution in [3.63, 3.8) is 0 Å². The van der Waals surface area contributed by atoms with Crippen LogP contribution in [0.3, 0.4) is 0 Å². The van der Waals surface area contributed by atoms with Crippen LogP contribution in [0, 0.1) is 6.92 Å². The minimum absolute atomic E-state index is 0.295. The number of para-hydroxylation sites is 1. The van der Waals surface area contributed by atoms with Crippen LogP contribution in [-0.2, 0) is 0 Å². The molecule has 5 heteroatoms. The molecule has 0 spiro atoms. The summed E-state index contributed by atoms with van der Waals surface area (Å²) in [6.45, 7) is 1.87. The van der Waals surface area contributed by atoms with Crippen LogP contribution in [0.1, 0.15) is 16.1 Å². The number of aromatic nitrogens is 1. The molecule has 1 aromatic carbocycles. The zero-order chi connectivity index (χ0) is 13.1. The number of aryl methyl sites for hydroxylation is 1. The molecule has 0 unspecified atom stereocenters. The second-order valence-corrected chi connectivity index (χ2v) is 4.27. The van der Waals surface area contributed by atoms with E-state index in [9.17, 15) is 4.79 Å². The summed E-state index contributed by atoms with van der Waals surface area (Å²) in [7, 11) is 0. The van der Waals surface area contributed by atoms with Gasteiger partial charge in [-0.25, -0.2) is 4.98 Å². The second kappa shape index (κ2) is 5.06. The molecule has 2 rings (SSSR count). The number of anilines is 2. The van der Waals surface area contributed by atoms with E-state index in [-0.39, 0.29) is 5.91 Å². The van der Waals surface area contributed by atoms with Crippen LogP contribution < -0.4 is 11.1 Å². The number of carbonyl (C=O) groups excluding carboxylic acids is 1. The Morgan fingerprint density at radius 3 is 2.72 bits per heavy atom. The van der Waals surface area contributed by atoms with E-state index in [1.165, 1.54) is 6.20 Å². The van der Waals surface area contributed by atoms with E-state index >= 15 is 0 Å². The molecule has 0 fully saturated rings. The van der Waals surface area contributed by atoms with Crippen LogP contribution in [0.5, 0.6) is 0 Å². The summed E-state index contributed by atoms with van der Waals surface area (Å²) in [5.74, 6) is -0.314. The Hall–Kier alpha value is -2.07. The summed E-state index contributed by atoms with van der Waals surface area (Å²) in [4.78, 5) is 15.9. The third-order valence-corrected chi connectivity index (χ3v) is 2.79. The SMILES string of the molecule is Cc1cccc(Cl)c1NC(=O)c1ccc(N)cn1. The van der Waals surface area contributed by atoms with E-state index in [1.54, 1.807) is 18.2 Å². The highest BCUT2D eigenvalue weighted by Crippen LogP contribution is 2.25. The fourth-order valence-corrected chi connectivity index (χ4v) is 1.78. The number of pyridine rings is 1. The Bertz CT molecular complexity index is 561. The number of halogens is 1. The first-order valence-corrected chi connectivity index (χ1v) is 5.73. The highest BCUT2D eigenvalue weighted by Gasteiger charge is 2.11. The lowest BCUT2D eigenvalue weighted by molar-refractivity contribution is 0.102. The van der Waals surface area contributed by atoms with Crippen LogP contribution in [0.25, 0.3) is 0 Å². The van der Waals surface area contributed by atoms with Crippen molar-refractivity contribution in [2.75, 3.05) is 11.1 Å². The molecule has 3 N–H and O–H groups in total. The molecule has 2 aromatic rings. The summed E-state index contributed by atoms with van der Waals surface area (Å²) in [6.07, 6.45) is 1.44. The summed E-state index contributed by atoms with van der Waals surface area (Å²) < 4.78 is 0. The van der Waals surface area contributed by atoms with Gasteiger partial charge in [-0.05, 0) is 30.7 Å². The van der Waals surface area contributed by atoms with Crippen LogP contribution in [0.15, 0.2) is 36.5 Å². The van der Waals surface area contributed by atoms with E-state index < -0.39 is 0 Å². The molecule has 0 aliphatic carbocycles. The van der Waals surface area contributed by atoms with E-state index in [0.717, 1.165) is 5.56 Å². The van der Waals surface area contributed by atoms with Gasteiger partial charge in [-0.1, -0.05) is 23.7 Å². The summed E-state index contributed by atoms with van der Waals surface area (Å²) in [6, 6.07) is 8.62. The average Bonchev–Trinajstić information content (AvgIpc) is 2.34. The number of nitrogens with two attached hydrogens (primary N) is 1. The number of amides is 1. The number of carbonyl (C=O) groups is 1. The highest BCUT2D eigenvalue weighted by atomic mass is 35.5. The molecule has 18 heavy (non-hydrogen) atoms. The van der Waals surface area contributed by atoms with E-state index in [0.29, 0.717) is 22.1 Å². The van der Waals surface area contributed by atoms with Gasteiger partial charge in [0.2, 0.25) is 0 Å². The van der Waals surface area contributed by atoms with Gasteiger partial charge in [0.15, 0.2) is 0 Å². The van der Waals surface area contributed by atoms with Crippen molar-refractivity contribution in [3.8, 4) is 0 Å². The van der Waals surface area contributed by atoms with Gasteiger partial charge in [0.1, 0.15) is 5.69 Å². The van der Waals surface area contributed by atoms with Gasteiger partial charge in [0.25, 0.3) is 5.91 Å². The quantitative estimate of drug-likeness (QED) is 0.873. The fourth-order valence-electron chi connectivity index (χ4n) is 1.51. The number of hydrogen-bond acceptors (Lipinski definition) is 3. The molecule has 0 atom stereocenters. The molecule has 0 saturated carbocycles. The molecule has 92 valence electrons. The largest absolute Gasteiger partial charge is 0.397 e. The smallest absolute Gasteiger partial charge is 0.274 e. The molecular weight excluding hydrogens is 250 g/mol. The van der Waals surface area contributed by atoms with Crippen molar-refractivity contribution in [3.05, 3.63) is 52.8 Å². The van der Waals surface area contributed by atoms with Gasteiger partial charge in [-0.3, -0.25) is 4.79 Å². The van der Waals surface area contributed by atoms with E-state index in [2.05, 4.69) is 10.3 Å². The van der Waals surface area contributed by atoms with Crippen molar-refractivity contribution in [1.82, 2.24) is 4.98 Å². The topological polar surface area (TPSA) is 68.0 Å². The number of nitrogens with one attached hydrogen (secondary N) is 1. The first kappa shape index (κ1) is 12.4. The number of nitrogen functional groups attached to an aromatic ring is 1. The monoisotopic (exact) mass is 261 g/mol. The van der Waals surface area contributed by atoms with Crippen LogP contribution in [0.4, 0.5) is 11.4 Å². The molecule has 0 bridgehead atoms. The minimum atomic E-state index is -0.314. The van der Waals surface area contributed by atoms with Crippen molar-refractivity contribution in [1.29, 1.82) is 0 Å². The molecular formula is C13H12ClN3O. The van der Waals surface area contributed by atoms with Gasteiger partial charge in [0, 0.05) is 0 Å². The minimum Gasteiger partial charge on any atom is -0.397 e. The highest BCUT2D eigenvalue weighted by molar-refractivity contribution is 6.34. The molecule has 4 nitrogen and oxygen atoms in total. The number of rotatable bonds is 2. The Labute approximate surface area is 110 Å². The predicted molar refractivity (Wildman–Crippen MR) is 72.8 cm³/mol. The summed E-state index contributed by atoms with van der Waals surface area (Å²) >= 11 is 6.03. The Balaban J connectivity index is 2.24. The van der Waals surface area contributed by atoms with Crippen LogP contribution >= 0.6 is 11.6 Å². The lowest BCUT2D eigenvalue weighted by atomic mass is 10.2. The Kier molecular flexibility index (Phi) is 3.48. The van der Waals surface area contributed by atoms with Gasteiger partial charge in [0.05, 0.1) is 22.6 Å². The first-order chi connectivity index (χ1) is 8.58. The second-order valence-electron chi connectivity index (χ2n) is 3.86. The van der Waals surface area contributed by atoms with Crippen molar-refractivity contribution >= 4 is 28.9 Å². The Morgan fingerprint density at radius 2 is 2.11 bits per heavy atom. The van der Waals surface area contributed by atoms with Crippen LogP contribution in [0.2, 0.25) is 5.02 Å². The van der Waals surface area contributed by atoms with E-state index in [1.807, 2.05) is 19.1 Å². The van der Waals surface area contributed by atoms with Crippen LogP contribution in [-0.4, -0.2) is 10.9 Å². The lowest BCUT2D eigenvalue weighted by Gasteiger charge is -2.09. The summed E-state index contributed by atoms with van der Waals surface area (Å²) in [5.41, 5.74) is 7.82. The third kappa shape index (κ3) is 2.60. The molecule has 0 aliphatic heterocycles. The lowest BCUT2D eigenvalue weighted by Crippen LogP contribution is -2.14. The van der Waals surface area contributed by atoms with Gasteiger partial charge in [-0.2, -0.15) is 0 Å². The maximum absolute atomic E-state index is 12.0. The number of benzene rings is 1. The van der Waals surface area contributed by atoms with E-state index in [4.69, 9.17) is 17.3 Å². The number of nitrogens with zero attached hydrogens (tertiary/aromatic N) is 1. The zero-order valence-corrected chi connectivity index (χ0v) is 10.5. The maximum Gasteiger partial charge on any atom is 0.274 e. The van der Waals surface area contributed by atoms with Gasteiger partial charge >= 0.3 is 0 Å². The summed E-state index contributed by atoms with van der Waals surface area (Å²) in [5, 5.41) is 3.24. The molecule has 0 saturated heterocycles.